The first kappa shape index (κ1) is 22.6. The zero-order chi connectivity index (χ0) is 22.2. The van der Waals surface area contributed by atoms with Crippen LogP contribution in [0.25, 0.3) is 0 Å². The fourth-order valence-corrected chi connectivity index (χ4v) is 3.43. The Bertz CT molecular complexity index is 891. The maximum atomic E-state index is 14.0. The Hall–Kier alpha value is -3.13. The summed E-state index contributed by atoms with van der Waals surface area (Å²) in [4.78, 5) is 28.4. The number of nitrogens with zero attached hydrogens (tertiary/aromatic N) is 2. The Labute approximate surface area is 181 Å². The second-order valence-electron chi connectivity index (χ2n) is 7.36. The topological polar surface area (TPSA) is 71.1 Å². The number of methoxy groups -OCH3 is 1. The van der Waals surface area contributed by atoms with Crippen LogP contribution in [0.1, 0.15) is 18.1 Å². The van der Waals surface area contributed by atoms with Crippen molar-refractivity contribution in [3.8, 4) is 5.75 Å². The summed E-state index contributed by atoms with van der Waals surface area (Å²) >= 11 is 0. The zero-order valence-corrected chi connectivity index (χ0v) is 17.8. The summed E-state index contributed by atoms with van der Waals surface area (Å²) in [6.45, 7) is 3.22. The number of hydrogen-bond donors (Lipinski definition) is 1. The Morgan fingerprint density at radius 3 is 2.58 bits per heavy atom. The molecule has 3 amide bonds. The molecule has 0 aromatic heterocycles. The quantitative estimate of drug-likeness (QED) is 0.735. The fraction of sp³-hybridized carbons (Fsp3) is 0.391. The fourth-order valence-electron chi connectivity index (χ4n) is 3.43. The molecule has 166 valence electrons. The molecule has 3 rings (SSSR count). The van der Waals surface area contributed by atoms with Crippen molar-refractivity contribution < 1.29 is 23.5 Å². The molecule has 0 aliphatic carbocycles. The van der Waals surface area contributed by atoms with Gasteiger partial charge in [-0.3, -0.25) is 4.79 Å². The van der Waals surface area contributed by atoms with Crippen LogP contribution in [0.15, 0.2) is 48.5 Å². The third-order valence-electron chi connectivity index (χ3n) is 5.11. The summed E-state index contributed by atoms with van der Waals surface area (Å²) in [7, 11) is 1.60. The average Bonchev–Trinajstić information content (AvgIpc) is 2.93. The number of rotatable bonds is 7. The maximum absolute atomic E-state index is 14.0. The van der Waals surface area contributed by atoms with Gasteiger partial charge in [0.1, 0.15) is 18.1 Å². The van der Waals surface area contributed by atoms with E-state index in [4.69, 9.17) is 9.47 Å². The second kappa shape index (κ2) is 10.8. The maximum Gasteiger partial charge on any atom is 0.317 e. The van der Waals surface area contributed by atoms with Gasteiger partial charge in [0.2, 0.25) is 5.91 Å². The van der Waals surface area contributed by atoms with Crippen LogP contribution in [0.5, 0.6) is 5.75 Å². The highest BCUT2D eigenvalue weighted by atomic mass is 19.1. The van der Waals surface area contributed by atoms with Crippen molar-refractivity contribution in [2.75, 3.05) is 33.3 Å². The van der Waals surface area contributed by atoms with Gasteiger partial charge in [-0.2, -0.15) is 0 Å². The van der Waals surface area contributed by atoms with Gasteiger partial charge in [-0.25, -0.2) is 9.18 Å². The first-order chi connectivity index (χ1) is 15.0. The molecule has 1 N–H and O–H groups in total. The Morgan fingerprint density at radius 1 is 1.16 bits per heavy atom. The Morgan fingerprint density at radius 2 is 1.90 bits per heavy atom. The highest BCUT2D eigenvalue weighted by Gasteiger charge is 2.31. The molecule has 2 aromatic carbocycles. The van der Waals surface area contributed by atoms with Crippen LogP contribution in [-0.2, 0) is 22.7 Å². The summed E-state index contributed by atoms with van der Waals surface area (Å²) in [6.07, 6.45) is -0.452. The van der Waals surface area contributed by atoms with Gasteiger partial charge in [-0.1, -0.05) is 30.3 Å². The van der Waals surface area contributed by atoms with E-state index >= 15 is 0 Å². The van der Waals surface area contributed by atoms with Gasteiger partial charge in [0, 0.05) is 25.2 Å². The van der Waals surface area contributed by atoms with Crippen molar-refractivity contribution in [2.45, 2.75) is 26.2 Å². The molecule has 0 bridgehead atoms. The van der Waals surface area contributed by atoms with E-state index in [0.717, 1.165) is 11.3 Å². The van der Waals surface area contributed by atoms with E-state index in [1.165, 1.54) is 11.0 Å². The minimum Gasteiger partial charge on any atom is -0.497 e. The van der Waals surface area contributed by atoms with Crippen molar-refractivity contribution in [3.63, 3.8) is 0 Å². The Kier molecular flexibility index (Phi) is 7.83. The van der Waals surface area contributed by atoms with Crippen LogP contribution in [-0.4, -0.2) is 61.1 Å². The van der Waals surface area contributed by atoms with Crippen molar-refractivity contribution >= 4 is 11.9 Å². The summed E-state index contributed by atoms with van der Waals surface area (Å²) in [6, 6.07) is 13.6. The van der Waals surface area contributed by atoms with Crippen LogP contribution >= 0.6 is 0 Å². The molecule has 1 fully saturated rings. The van der Waals surface area contributed by atoms with E-state index in [1.54, 1.807) is 30.2 Å². The molecule has 31 heavy (non-hydrogen) atoms. The first-order valence-electron chi connectivity index (χ1n) is 10.3. The number of amides is 3. The summed E-state index contributed by atoms with van der Waals surface area (Å²) in [5.74, 6) is 0.224. The van der Waals surface area contributed by atoms with Gasteiger partial charge >= 0.3 is 6.03 Å². The van der Waals surface area contributed by atoms with Crippen LogP contribution in [0.3, 0.4) is 0 Å². The number of carbonyl (C=O) groups excluding carboxylic acids is 2. The molecule has 0 saturated carbocycles. The second-order valence-corrected chi connectivity index (χ2v) is 7.36. The summed E-state index contributed by atoms with van der Waals surface area (Å²) in [5.41, 5.74) is 1.37. The average molecular weight is 429 g/mol. The number of ether oxygens (including phenoxy) is 2. The number of nitrogens with one attached hydrogen (secondary N) is 1. The lowest BCUT2D eigenvalue weighted by Crippen LogP contribution is -2.45. The third kappa shape index (κ3) is 6.18. The molecule has 1 atom stereocenters. The number of benzene rings is 2. The van der Waals surface area contributed by atoms with Crippen molar-refractivity contribution in [1.29, 1.82) is 0 Å². The zero-order valence-electron chi connectivity index (χ0n) is 17.8. The van der Waals surface area contributed by atoms with E-state index in [2.05, 4.69) is 5.32 Å². The molecule has 7 nitrogen and oxygen atoms in total. The number of hydrogen-bond acceptors (Lipinski definition) is 4. The molecular formula is C23H28FN3O4. The first-order valence-corrected chi connectivity index (χ1v) is 10.3. The predicted octanol–water partition coefficient (Wildman–Crippen LogP) is 2.79. The lowest BCUT2D eigenvalue weighted by atomic mass is 10.2. The predicted molar refractivity (Wildman–Crippen MR) is 114 cm³/mol. The molecule has 1 aliphatic heterocycles. The van der Waals surface area contributed by atoms with Crippen LogP contribution in [0, 0.1) is 5.82 Å². The number of halogens is 1. The van der Waals surface area contributed by atoms with E-state index in [0.29, 0.717) is 25.2 Å². The van der Waals surface area contributed by atoms with Gasteiger partial charge < -0.3 is 24.6 Å². The molecule has 1 saturated heterocycles. The van der Waals surface area contributed by atoms with Gasteiger partial charge in [0.05, 0.1) is 26.4 Å². The minimum atomic E-state index is -0.452. The molecule has 0 radical (unpaired) electrons. The largest absolute Gasteiger partial charge is 0.497 e. The van der Waals surface area contributed by atoms with E-state index in [-0.39, 0.29) is 37.5 Å². The molecule has 1 unspecified atom stereocenters. The van der Waals surface area contributed by atoms with Crippen molar-refractivity contribution in [3.05, 3.63) is 65.5 Å². The van der Waals surface area contributed by atoms with Crippen molar-refractivity contribution in [1.82, 2.24) is 15.1 Å². The van der Waals surface area contributed by atoms with Gasteiger partial charge in [0.15, 0.2) is 0 Å². The van der Waals surface area contributed by atoms with E-state index in [9.17, 15) is 14.0 Å². The molecule has 2 aromatic rings. The summed E-state index contributed by atoms with van der Waals surface area (Å²) in [5, 5.41) is 2.73. The molecule has 1 aliphatic rings. The number of urea groups is 1. The Balaban J connectivity index is 1.74. The molecule has 8 heteroatoms. The smallest absolute Gasteiger partial charge is 0.317 e. The molecular weight excluding hydrogens is 401 g/mol. The van der Waals surface area contributed by atoms with Gasteiger partial charge in [-0.05, 0) is 30.7 Å². The molecule has 1 heterocycles. The minimum absolute atomic E-state index is 0.0401. The van der Waals surface area contributed by atoms with Crippen LogP contribution in [0.4, 0.5) is 9.18 Å². The normalized spacial score (nSPS) is 16.7. The van der Waals surface area contributed by atoms with Gasteiger partial charge in [0.25, 0.3) is 0 Å². The third-order valence-corrected chi connectivity index (χ3v) is 5.11. The lowest BCUT2D eigenvalue weighted by molar-refractivity contribution is -0.132. The standard InChI is InChI=1S/C23H28FN3O4/c1-3-25-23(29)27-14-20(31-16-18-6-4-5-7-21(18)24)13-26(22(28)15-27)12-17-8-10-19(30-2)11-9-17/h4-11,20H,3,12-16H2,1-2H3,(H,25,29). The van der Waals surface area contributed by atoms with Crippen LogP contribution < -0.4 is 10.1 Å². The van der Waals surface area contributed by atoms with E-state index in [1.807, 2.05) is 31.2 Å². The van der Waals surface area contributed by atoms with Crippen LogP contribution in [0.2, 0.25) is 0 Å². The highest BCUT2D eigenvalue weighted by molar-refractivity contribution is 5.84. The summed E-state index contributed by atoms with van der Waals surface area (Å²) < 4.78 is 25.1. The van der Waals surface area contributed by atoms with Gasteiger partial charge in [-0.15, -0.1) is 0 Å². The molecule has 0 spiro atoms. The highest BCUT2D eigenvalue weighted by Crippen LogP contribution is 2.17. The van der Waals surface area contributed by atoms with Crippen molar-refractivity contribution in [2.24, 2.45) is 0 Å². The monoisotopic (exact) mass is 429 g/mol. The van der Waals surface area contributed by atoms with E-state index < -0.39 is 6.10 Å². The number of carbonyl (C=O) groups is 2. The lowest BCUT2D eigenvalue weighted by Gasteiger charge is -2.25. The SMILES string of the molecule is CCNC(=O)N1CC(=O)N(Cc2ccc(OC)cc2)CC(OCc2ccccc2F)C1.